The smallest absolute Gasteiger partial charge is 0.335 e. The molecule has 64 heavy (non-hydrogen) atoms. The van der Waals surface area contributed by atoms with Crippen molar-refractivity contribution in [1.29, 1.82) is 0 Å². The standard InChI is InChI=1S/C47H76O17/c1-21-29(51)31(53)34(56)39(60-21)63-36-30(52)24(49)19-59-40(36)64-37-33(55)32(54)35(38(57)58)62-41(37)61-28-12-13-44(5)25(45(28,6)20-48)11-14-47(8)26(44)10-9-22-23-17-42(2,3)18-27(50)43(23,4)15-16-46(22,47)7/h9,21,23-37,39-41,48-56H,10-20H2,1-8H3,(H,57,58)/t21-,23?,24-,25?,26?,27?,28?,29+,30-,31-,32+,33-,34-,35+,36-,37-,39+,40+,41-,43-,44-,45-,46?,47+/m1/s1. The van der Waals surface area contributed by atoms with E-state index in [1.54, 1.807) is 0 Å². The topological polar surface area (TPSA) is 275 Å². The number of fused-ring (bicyclic) bond motifs is 7. The van der Waals surface area contributed by atoms with E-state index < -0.39 is 110 Å². The fraction of sp³-hybridized carbons (Fsp3) is 0.936. The van der Waals surface area contributed by atoms with Crippen molar-refractivity contribution in [3.63, 3.8) is 0 Å². The van der Waals surface area contributed by atoms with Gasteiger partial charge in [0.1, 0.15) is 54.9 Å². The van der Waals surface area contributed by atoms with Gasteiger partial charge in [-0.05, 0) is 104 Å². The predicted octanol–water partition coefficient (Wildman–Crippen LogP) is 1.34. The number of allylic oxidation sites excluding steroid dienone is 2. The summed E-state index contributed by atoms with van der Waals surface area (Å²) in [4.78, 5) is 12.4. The molecule has 0 spiro atoms. The molecule has 10 N–H and O–H groups in total. The Bertz CT molecular complexity index is 1760. The highest BCUT2D eigenvalue weighted by atomic mass is 16.8. The second-order valence-corrected chi connectivity index (χ2v) is 23.2. The van der Waals surface area contributed by atoms with Crippen molar-refractivity contribution >= 4 is 5.97 Å². The lowest BCUT2D eigenvalue weighted by Crippen LogP contribution is -2.68. The summed E-state index contributed by atoms with van der Waals surface area (Å²) in [6.07, 6.45) is -14.5. The fourth-order valence-electron chi connectivity index (χ4n) is 14.8. The molecule has 0 amide bonds. The molecule has 8 aliphatic rings. The Morgan fingerprint density at radius 1 is 0.703 bits per heavy atom. The number of carboxylic acids is 1. The number of hydrogen-bond acceptors (Lipinski definition) is 16. The molecular weight excluding hydrogens is 837 g/mol. The van der Waals surface area contributed by atoms with Crippen molar-refractivity contribution < 1.29 is 84.3 Å². The molecular formula is C47H76O17. The van der Waals surface area contributed by atoms with E-state index in [0.717, 1.165) is 44.9 Å². The molecule has 17 nitrogen and oxygen atoms in total. The lowest BCUT2D eigenvalue weighted by Gasteiger charge is -2.72. The Hall–Kier alpha value is -1.39. The quantitative estimate of drug-likeness (QED) is 0.122. The maximum atomic E-state index is 12.4. The first kappa shape index (κ1) is 49.0. The van der Waals surface area contributed by atoms with Crippen LogP contribution in [0.3, 0.4) is 0 Å². The number of aliphatic hydroxyl groups excluding tert-OH is 9. The van der Waals surface area contributed by atoms with Gasteiger partial charge in [-0.3, -0.25) is 0 Å². The largest absolute Gasteiger partial charge is 0.479 e. The van der Waals surface area contributed by atoms with Crippen LogP contribution in [-0.4, -0.2) is 168 Å². The van der Waals surface area contributed by atoms with E-state index in [1.807, 2.05) is 6.92 Å². The van der Waals surface area contributed by atoms with Crippen molar-refractivity contribution in [3.05, 3.63) is 11.6 Å². The van der Waals surface area contributed by atoms with Gasteiger partial charge >= 0.3 is 5.97 Å². The van der Waals surface area contributed by atoms with Gasteiger partial charge in [0, 0.05) is 10.8 Å². The van der Waals surface area contributed by atoms with Gasteiger partial charge in [0.15, 0.2) is 25.0 Å². The Morgan fingerprint density at radius 2 is 1.38 bits per heavy atom. The summed E-state index contributed by atoms with van der Waals surface area (Å²) < 4.78 is 36.1. The van der Waals surface area contributed by atoms with Crippen LogP contribution in [0.25, 0.3) is 0 Å². The first-order valence-electron chi connectivity index (χ1n) is 23.7. The van der Waals surface area contributed by atoms with Gasteiger partial charge in [0.25, 0.3) is 0 Å². The van der Waals surface area contributed by atoms with Crippen LogP contribution in [0.2, 0.25) is 0 Å². The van der Waals surface area contributed by atoms with Crippen molar-refractivity contribution in [1.82, 2.24) is 0 Å². The second kappa shape index (κ2) is 16.9. The van der Waals surface area contributed by atoms with Crippen molar-refractivity contribution in [2.75, 3.05) is 13.2 Å². The van der Waals surface area contributed by atoms with Crippen LogP contribution in [0.15, 0.2) is 11.6 Å². The minimum absolute atomic E-state index is 0.0286. The van der Waals surface area contributed by atoms with E-state index in [4.69, 9.17) is 28.4 Å². The molecule has 24 atom stereocenters. The third kappa shape index (κ3) is 7.49. The zero-order chi connectivity index (χ0) is 46.9. The zero-order valence-electron chi connectivity index (χ0n) is 38.7. The number of aliphatic carboxylic acids is 1. The predicted molar refractivity (Wildman–Crippen MR) is 225 cm³/mol. The summed E-state index contributed by atoms with van der Waals surface area (Å²) in [6, 6.07) is 0. The van der Waals surface area contributed by atoms with Gasteiger partial charge in [0.2, 0.25) is 0 Å². The van der Waals surface area contributed by atoms with Crippen LogP contribution in [0.5, 0.6) is 0 Å². The number of aliphatic hydroxyl groups is 9. The van der Waals surface area contributed by atoms with Crippen LogP contribution in [0.4, 0.5) is 0 Å². The monoisotopic (exact) mass is 913 g/mol. The van der Waals surface area contributed by atoms with E-state index in [0.29, 0.717) is 18.8 Å². The van der Waals surface area contributed by atoms with E-state index in [2.05, 4.69) is 47.6 Å². The SMILES string of the molecule is C[C@H]1O[C@@H](O[C@H]2[C@H](O[C@H]3[C@H](OC4CC[C@]5(C)C(CC[C@@]6(C)C5CC=C5C7CC(C)(C)CC(O)[C@]7(C)CCC56C)[C@@]4(C)CO)O[C@H](C(=O)O)[C@@H](O)[C@H]3O)OC[C@@H](O)[C@H]2O)[C@H](O)[C@H](O)[C@H]1O. The van der Waals surface area contributed by atoms with Crippen LogP contribution in [-0.2, 0) is 33.2 Å². The molecule has 366 valence electrons. The molecule has 0 aromatic rings. The van der Waals surface area contributed by atoms with E-state index in [9.17, 15) is 55.9 Å². The van der Waals surface area contributed by atoms with Crippen LogP contribution in [0.1, 0.15) is 113 Å². The molecule has 0 aromatic heterocycles. The highest BCUT2D eigenvalue weighted by Crippen LogP contribution is 2.76. The van der Waals surface area contributed by atoms with E-state index in [-0.39, 0.29) is 51.6 Å². The second-order valence-electron chi connectivity index (χ2n) is 23.2. The van der Waals surface area contributed by atoms with Gasteiger partial charge in [-0.25, -0.2) is 4.79 Å². The lowest BCUT2D eigenvalue weighted by molar-refractivity contribution is -0.387. The molecule has 3 aliphatic heterocycles. The minimum Gasteiger partial charge on any atom is -0.479 e. The molecule has 8 rings (SSSR count). The number of hydrogen-bond donors (Lipinski definition) is 10. The Morgan fingerprint density at radius 3 is 2.05 bits per heavy atom. The Kier molecular flexibility index (Phi) is 13.0. The van der Waals surface area contributed by atoms with Crippen LogP contribution in [0, 0.1) is 50.2 Å². The van der Waals surface area contributed by atoms with Crippen LogP contribution >= 0.6 is 0 Å². The molecule has 3 heterocycles. The fourth-order valence-corrected chi connectivity index (χ4v) is 14.8. The number of carboxylic acid groups (broad SMARTS) is 1. The molecule has 7 fully saturated rings. The van der Waals surface area contributed by atoms with Crippen molar-refractivity contribution in [3.8, 4) is 0 Å². The third-order valence-electron chi connectivity index (χ3n) is 19.1. The summed E-state index contributed by atoms with van der Waals surface area (Å²) >= 11 is 0. The summed E-state index contributed by atoms with van der Waals surface area (Å²) in [5.74, 6) is -1.05. The average Bonchev–Trinajstić information content (AvgIpc) is 3.22. The van der Waals surface area contributed by atoms with Gasteiger partial charge in [-0.15, -0.1) is 0 Å². The van der Waals surface area contributed by atoms with Gasteiger partial charge in [0.05, 0.1) is 31.5 Å². The van der Waals surface area contributed by atoms with E-state index >= 15 is 0 Å². The minimum atomic E-state index is -2.01. The Labute approximate surface area is 376 Å². The number of ether oxygens (including phenoxy) is 6. The van der Waals surface area contributed by atoms with E-state index in [1.165, 1.54) is 12.5 Å². The maximum Gasteiger partial charge on any atom is 0.335 e. The highest BCUT2D eigenvalue weighted by Gasteiger charge is 2.70. The summed E-state index contributed by atoms with van der Waals surface area (Å²) in [7, 11) is 0. The van der Waals surface area contributed by atoms with Gasteiger partial charge < -0.3 is 79.5 Å². The number of carbonyl (C=O) groups is 1. The third-order valence-corrected chi connectivity index (χ3v) is 19.1. The summed E-state index contributed by atoms with van der Waals surface area (Å²) in [5, 5.41) is 109. The molecule has 17 heteroatoms. The average molecular weight is 913 g/mol. The highest BCUT2D eigenvalue weighted by molar-refractivity contribution is 5.73. The Balaban J connectivity index is 1.06. The van der Waals surface area contributed by atoms with Crippen molar-refractivity contribution in [2.24, 2.45) is 50.2 Å². The van der Waals surface area contributed by atoms with Crippen LogP contribution < -0.4 is 0 Å². The van der Waals surface area contributed by atoms with Gasteiger partial charge in [-0.2, -0.15) is 0 Å². The zero-order valence-corrected chi connectivity index (χ0v) is 38.7. The summed E-state index contributed by atoms with van der Waals surface area (Å²) in [5.41, 5.74) is 0.0929. The molecule has 0 bridgehead atoms. The molecule has 6 unspecified atom stereocenters. The molecule has 4 saturated carbocycles. The summed E-state index contributed by atoms with van der Waals surface area (Å²) in [6.45, 7) is 16.8. The maximum absolute atomic E-state index is 12.4. The molecule has 5 aliphatic carbocycles. The molecule has 0 radical (unpaired) electrons. The van der Waals surface area contributed by atoms with Crippen molar-refractivity contribution in [2.45, 2.75) is 211 Å². The molecule has 0 aromatic carbocycles. The number of rotatable bonds is 8. The molecule has 3 saturated heterocycles. The first-order chi connectivity index (χ1) is 29.8. The normalized spacial score (nSPS) is 56.1. The van der Waals surface area contributed by atoms with Gasteiger partial charge in [-0.1, -0.05) is 60.1 Å². The first-order valence-corrected chi connectivity index (χ1v) is 23.7. The lowest BCUT2D eigenvalue weighted by atomic mass is 9.33.